The number of carbonyl (C=O) groups is 1. The first-order valence-corrected chi connectivity index (χ1v) is 9.14. The van der Waals surface area contributed by atoms with E-state index in [0.717, 1.165) is 16.5 Å². The van der Waals surface area contributed by atoms with Gasteiger partial charge in [-0.15, -0.1) is 0 Å². The van der Waals surface area contributed by atoms with Crippen LogP contribution in [0.25, 0.3) is 10.9 Å². The number of hydrogen-bond donors (Lipinski definition) is 1. The maximum atomic E-state index is 12.9. The lowest BCUT2D eigenvalue weighted by molar-refractivity contribution is -0.135. The molecule has 1 unspecified atom stereocenters. The molecule has 7 nitrogen and oxygen atoms in total. The molecule has 1 aromatic heterocycles. The summed E-state index contributed by atoms with van der Waals surface area (Å²) >= 11 is 0. The van der Waals surface area contributed by atoms with Gasteiger partial charge in [-0.25, -0.2) is 0 Å². The number of hydrogen-bond acceptors (Lipinski definition) is 6. The van der Waals surface area contributed by atoms with Crippen LogP contribution in [0.2, 0.25) is 0 Å². The molecule has 1 aliphatic heterocycles. The second kappa shape index (κ2) is 7.16. The minimum absolute atomic E-state index is 0.0131. The second-order valence-electron chi connectivity index (χ2n) is 6.93. The van der Waals surface area contributed by atoms with Gasteiger partial charge in [0.15, 0.2) is 11.5 Å². The van der Waals surface area contributed by atoms with Crippen molar-refractivity contribution in [3.05, 3.63) is 57.4 Å². The van der Waals surface area contributed by atoms with Gasteiger partial charge in [-0.05, 0) is 30.5 Å². The van der Waals surface area contributed by atoms with E-state index >= 15 is 0 Å². The fourth-order valence-corrected chi connectivity index (χ4v) is 3.87. The van der Waals surface area contributed by atoms with Gasteiger partial charge >= 0.3 is 5.97 Å². The lowest BCUT2D eigenvalue weighted by Gasteiger charge is -2.28. The van der Waals surface area contributed by atoms with E-state index < -0.39 is 11.9 Å². The van der Waals surface area contributed by atoms with Crippen LogP contribution in [-0.4, -0.2) is 32.3 Å². The minimum Gasteiger partial charge on any atom is -0.493 e. The van der Waals surface area contributed by atoms with Crippen LogP contribution < -0.4 is 24.5 Å². The van der Waals surface area contributed by atoms with E-state index in [4.69, 9.17) is 18.9 Å². The maximum Gasteiger partial charge on any atom is 0.312 e. The fourth-order valence-electron chi connectivity index (χ4n) is 3.87. The van der Waals surface area contributed by atoms with Gasteiger partial charge in [0.2, 0.25) is 5.75 Å². The van der Waals surface area contributed by atoms with Crippen molar-refractivity contribution in [2.45, 2.75) is 19.3 Å². The van der Waals surface area contributed by atoms with Gasteiger partial charge in [0.1, 0.15) is 5.75 Å². The molecule has 150 valence electrons. The molecule has 0 spiro atoms. The van der Waals surface area contributed by atoms with Crippen LogP contribution >= 0.6 is 0 Å². The lowest BCUT2D eigenvalue weighted by atomic mass is 9.85. The normalized spacial score (nSPS) is 15.6. The number of esters is 1. The molecule has 3 aromatic rings. The number of nitrogens with one attached hydrogen (secondary N) is 1. The molecule has 0 saturated heterocycles. The van der Waals surface area contributed by atoms with E-state index in [1.54, 1.807) is 6.07 Å². The topological polar surface area (TPSA) is 86.9 Å². The van der Waals surface area contributed by atoms with E-state index in [-0.39, 0.29) is 12.0 Å². The van der Waals surface area contributed by atoms with Gasteiger partial charge in [0.25, 0.3) is 5.56 Å². The summed E-state index contributed by atoms with van der Waals surface area (Å²) in [5.41, 5.74) is 2.60. The third-order valence-electron chi connectivity index (χ3n) is 5.18. The molecule has 0 fully saturated rings. The minimum atomic E-state index is -0.547. The van der Waals surface area contributed by atoms with Crippen LogP contribution in [0.4, 0.5) is 0 Å². The van der Waals surface area contributed by atoms with Crippen LogP contribution in [0.15, 0.2) is 35.1 Å². The van der Waals surface area contributed by atoms with Crippen molar-refractivity contribution in [3.8, 4) is 23.0 Å². The highest BCUT2D eigenvalue weighted by Gasteiger charge is 2.36. The third kappa shape index (κ3) is 3.08. The van der Waals surface area contributed by atoms with Crippen LogP contribution in [0.1, 0.15) is 29.0 Å². The highest BCUT2D eigenvalue weighted by atomic mass is 16.5. The summed E-state index contributed by atoms with van der Waals surface area (Å²) < 4.78 is 21.9. The number of benzene rings is 2. The number of pyridine rings is 1. The number of rotatable bonds is 4. The Kier molecular flexibility index (Phi) is 4.66. The predicted molar refractivity (Wildman–Crippen MR) is 107 cm³/mol. The summed E-state index contributed by atoms with van der Waals surface area (Å²) in [4.78, 5) is 28.2. The average molecular weight is 395 g/mol. The molecule has 0 amide bonds. The van der Waals surface area contributed by atoms with Crippen molar-refractivity contribution in [2.24, 2.45) is 0 Å². The van der Waals surface area contributed by atoms with Crippen molar-refractivity contribution in [2.75, 3.05) is 21.3 Å². The molecular formula is C22H21NO6. The number of ether oxygens (including phenoxy) is 4. The quantitative estimate of drug-likeness (QED) is 0.539. The zero-order valence-electron chi connectivity index (χ0n) is 16.6. The molecule has 4 rings (SSSR count). The number of aromatic nitrogens is 1. The van der Waals surface area contributed by atoms with Gasteiger partial charge in [0.05, 0.1) is 27.8 Å². The molecule has 0 aliphatic carbocycles. The van der Waals surface area contributed by atoms with Gasteiger partial charge in [-0.3, -0.25) is 9.59 Å². The monoisotopic (exact) mass is 395 g/mol. The van der Waals surface area contributed by atoms with Crippen molar-refractivity contribution in [3.63, 3.8) is 0 Å². The Morgan fingerprint density at radius 3 is 2.45 bits per heavy atom. The van der Waals surface area contributed by atoms with Gasteiger partial charge < -0.3 is 23.9 Å². The molecular weight excluding hydrogens is 374 g/mol. The number of carbonyl (C=O) groups excluding carboxylic acids is 1. The Balaban J connectivity index is 2.00. The van der Waals surface area contributed by atoms with Crippen LogP contribution in [0.5, 0.6) is 23.0 Å². The Morgan fingerprint density at radius 1 is 1.00 bits per heavy atom. The van der Waals surface area contributed by atoms with Crippen LogP contribution in [-0.2, 0) is 4.79 Å². The summed E-state index contributed by atoms with van der Waals surface area (Å²) in [6.07, 6.45) is 0.0131. The van der Waals surface area contributed by atoms with Crippen molar-refractivity contribution in [1.29, 1.82) is 0 Å². The summed E-state index contributed by atoms with van der Waals surface area (Å²) in [5.74, 6) is 0.451. The Hall–Kier alpha value is -3.48. The standard InChI is InChI=1S/C22H21NO6/c1-11-5-6-15-12(7-11)8-14(22(25)23-15)13-9-18(24)29-16-10-17(26-2)20(27-3)21(28-4)19(13)16/h5-8,10,13H,9H2,1-4H3,(H,23,25). The van der Waals surface area contributed by atoms with Gasteiger partial charge in [0, 0.05) is 28.6 Å². The molecule has 0 bridgehead atoms. The Labute approximate surface area is 167 Å². The predicted octanol–water partition coefficient (Wildman–Crippen LogP) is 3.30. The summed E-state index contributed by atoms with van der Waals surface area (Å²) in [7, 11) is 4.49. The average Bonchev–Trinajstić information content (AvgIpc) is 2.71. The summed E-state index contributed by atoms with van der Waals surface area (Å²) in [5, 5.41) is 0.888. The first-order valence-electron chi connectivity index (χ1n) is 9.14. The molecule has 2 heterocycles. The van der Waals surface area contributed by atoms with E-state index in [9.17, 15) is 9.59 Å². The van der Waals surface area contributed by atoms with Crippen LogP contribution in [0, 0.1) is 6.92 Å². The molecule has 1 N–H and O–H groups in total. The Bertz CT molecular complexity index is 1180. The zero-order chi connectivity index (χ0) is 20.7. The smallest absolute Gasteiger partial charge is 0.312 e. The molecule has 0 saturated carbocycles. The van der Waals surface area contributed by atoms with Crippen molar-refractivity contribution in [1.82, 2.24) is 4.98 Å². The number of aryl methyl sites for hydroxylation is 1. The molecule has 7 heteroatoms. The summed E-state index contributed by atoms with van der Waals surface area (Å²) in [6, 6.07) is 9.20. The van der Waals surface area contributed by atoms with Crippen molar-refractivity contribution < 1.29 is 23.7 Å². The summed E-state index contributed by atoms with van der Waals surface area (Å²) in [6.45, 7) is 1.98. The van der Waals surface area contributed by atoms with Gasteiger partial charge in [-0.2, -0.15) is 0 Å². The molecule has 0 radical (unpaired) electrons. The molecule has 1 atom stereocenters. The highest BCUT2D eigenvalue weighted by molar-refractivity contribution is 5.83. The first kappa shape index (κ1) is 18.9. The first-order chi connectivity index (χ1) is 14.0. The molecule has 29 heavy (non-hydrogen) atoms. The van der Waals surface area contributed by atoms with E-state index in [1.807, 2.05) is 31.2 Å². The fraction of sp³-hybridized carbons (Fsp3) is 0.273. The number of fused-ring (bicyclic) bond motifs is 2. The van der Waals surface area contributed by atoms with Crippen LogP contribution in [0.3, 0.4) is 0 Å². The largest absolute Gasteiger partial charge is 0.493 e. The Morgan fingerprint density at radius 2 is 1.76 bits per heavy atom. The number of methoxy groups -OCH3 is 3. The van der Waals surface area contributed by atoms with E-state index in [0.29, 0.717) is 34.1 Å². The zero-order valence-corrected chi connectivity index (χ0v) is 16.6. The van der Waals surface area contributed by atoms with Gasteiger partial charge in [-0.1, -0.05) is 11.6 Å². The maximum absolute atomic E-state index is 12.9. The second-order valence-corrected chi connectivity index (χ2v) is 6.93. The molecule has 1 aliphatic rings. The third-order valence-corrected chi connectivity index (χ3v) is 5.18. The van der Waals surface area contributed by atoms with E-state index in [2.05, 4.69) is 4.98 Å². The lowest BCUT2D eigenvalue weighted by Crippen LogP contribution is -2.26. The SMILES string of the molecule is COc1cc2c(c(OC)c1OC)C(c1cc3cc(C)ccc3[nH]c1=O)CC(=O)O2. The van der Waals surface area contributed by atoms with E-state index in [1.165, 1.54) is 21.3 Å². The molecule has 2 aromatic carbocycles. The van der Waals surface area contributed by atoms with Crippen molar-refractivity contribution >= 4 is 16.9 Å². The number of aromatic amines is 1. The highest BCUT2D eigenvalue weighted by Crippen LogP contribution is 2.51. The number of H-pyrrole nitrogens is 1.